The largest absolute Gasteiger partial charge is 0.333 e. The fourth-order valence-corrected chi connectivity index (χ4v) is 4.81. The lowest BCUT2D eigenvalue weighted by Crippen LogP contribution is -2.41. The van der Waals surface area contributed by atoms with Crippen molar-refractivity contribution in [2.75, 3.05) is 0 Å². The van der Waals surface area contributed by atoms with E-state index >= 15 is 0 Å². The minimum Gasteiger partial charge on any atom is -0.333 e. The maximum Gasteiger partial charge on any atom is 0.226 e. The lowest BCUT2D eigenvalue weighted by atomic mass is 9.87. The standard InChI is InChI=1S/C19H24ClNO/c1-12(14-4-6-16(20)7-5-14)21(17-8-9-17)19(22)18-11-13-2-3-15(18)10-13/h4-7,12-13,15,17-18H,2-3,8-11H2,1H3/t12-,13-,15-,18+/m0/s1. The molecule has 3 aliphatic rings. The van der Waals surface area contributed by atoms with Gasteiger partial charge in [-0.3, -0.25) is 4.79 Å². The Morgan fingerprint density at radius 2 is 1.86 bits per heavy atom. The number of amides is 1. The molecule has 1 aromatic rings. The molecule has 0 saturated heterocycles. The molecule has 1 aromatic carbocycles. The molecule has 0 aliphatic heterocycles. The third-order valence-corrected chi connectivity index (χ3v) is 6.27. The predicted molar refractivity (Wildman–Crippen MR) is 88.7 cm³/mol. The van der Waals surface area contributed by atoms with Crippen molar-refractivity contribution in [1.29, 1.82) is 0 Å². The van der Waals surface area contributed by atoms with Gasteiger partial charge in [-0.2, -0.15) is 0 Å². The second kappa shape index (κ2) is 5.56. The zero-order valence-electron chi connectivity index (χ0n) is 13.2. The van der Waals surface area contributed by atoms with Crippen LogP contribution in [0, 0.1) is 17.8 Å². The lowest BCUT2D eigenvalue weighted by molar-refractivity contribution is -0.140. The van der Waals surface area contributed by atoms with Gasteiger partial charge in [-0.15, -0.1) is 0 Å². The normalized spacial score (nSPS) is 31.3. The summed E-state index contributed by atoms with van der Waals surface area (Å²) in [6, 6.07) is 8.63. The second-order valence-corrected chi connectivity index (χ2v) is 7.92. The Morgan fingerprint density at radius 3 is 2.41 bits per heavy atom. The number of hydrogen-bond donors (Lipinski definition) is 0. The van der Waals surface area contributed by atoms with Crippen molar-refractivity contribution >= 4 is 17.5 Å². The van der Waals surface area contributed by atoms with Gasteiger partial charge in [-0.1, -0.05) is 30.2 Å². The Hall–Kier alpha value is -1.02. The molecule has 2 bridgehead atoms. The number of carbonyl (C=O) groups is 1. The molecule has 0 spiro atoms. The summed E-state index contributed by atoms with van der Waals surface area (Å²) in [6.45, 7) is 2.17. The number of rotatable bonds is 4. The fourth-order valence-electron chi connectivity index (χ4n) is 4.68. The minimum atomic E-state index is 0.163. The van der Waals surface area contributed by atoms with Crippen LogP contribution < -0.4 is 0 Å². The van der Waals surface area contributed by atoms with Crippen molar-refractivity contribution in [2.45, 2.75) is 57.5 Å². The summed E-state index contributed by atoms with van der Waals surface area (Å²) in [5.41, 5.74) is 1.20. The Kier molecular flexibility index (Phi) is 3.68. The van der Waals surface area contributed by atoms with E-state index in [1.165, 1.54) is 37.7 Å². The van der Waals surface area contributed by atoms with Crippen molar-refractivity contribution in [1.82, 2.24) is 4.90 Å². The fraction of sp³-hybridized carbons (Fsp3) is 0.632. The number of fused-ring (bicyclic) bond motifs is 2. The smallest absolute Gasteiger partial charge is 0.226 e. The van der Waals surface area contributed by atoms with Gasteiger partial charge < -0.3 is 4.90 Å². The molecule has 22 heavy (non-hydrogen) atoms. The maximum atomic E-state index is 13.2. The highest BCUT2D eigenvalue weighted by atomic mass is 35.5. The summed E-state index contributed by atoms with van der Waals surface area (Å²) >= 11 is 6.00. The van der Waals surface area contributed by atoms with Crippen molar-refractivity contribution in [3.8, 4) is 0 Å². The SMILES string of the molecule is C[C@@H](c1ccc(Cl)cc1)N(C(=O)[C@@H]1C[C@H]2CC[C@H]1C2)C1CC1. The molecule has 0 radical (unpaired) electrons. The summed E-state index contributed by atoms with van der Waals surface area (Å²) in [5, 5.41) is 0.758. The van der Waals surface area contributed by atoms with E-state index in [0.717, 1.165) is 17.4 Å². The van der Waals surface area contributed by atoms with E-state index in [1.54, 1.807) is 0 Å². The first-order chi connectivity index (χ1) is 10.6. The van der Waals surface area contributed by atoms with Crippen LogP contribution in [0.2, 0.25) is 5.02 Å². The van der Waals surface area contributed by atoms with Gasteiger partial charge in [0.25, 0.3) is 0 Å². The van der Waals surface area contributed by atoms with Crippen molar-refractivity contribution in [3.63, 3.8) is 0 Å². The average molecular weight is 318 g/mol. The Bertz CT molecular complexity index is 565. The molecule has 0 heterocycles. The molecule has 3 heteroatoms. The van der Waals surface area contributed by atoms with E-state index in [4.69, 9.17) is 11.6 Å². The lowest BCUT2D eigenvalue weighted by Gasteiger charge is -2.34. The van der Waals surface area contributed by atoms with E-state index < -0.39 is 0 Å². The summed E-state index contributed by atoms with van der Waals surface area (Å²) in [7, 11) is 0. The Labute approximate surface area is 137 Å². The third-order valence-electron chi connectivity index (χ3n) is 6.02. The summed E-state index contributed by atoms with van der Waals surface area (Å²) in [6.07, 6.45) is 7.40. The number of halogens is 1. The first-order valence-corrected chi connectivity index (χ1v) is 9.09. The predicted octanol–water partition coefficient (Wildman–Crippen LogP) is 4.83. The van der Waals surface area contributed by atoms with E-state index in [1.807, 2.05) is 12.1 Å². The van der Waals surface area contributed by atoms with Crippen molar-refractivity contribution < 1.29 is 4.79 Å². The number of nitrogens with zero attached hydrogens (tertiary/aromatic N) is 1. The van der Waals surface area contributed by atoms with Crippen LogP contribution in [-0.4, -0.2) is 16.8 Å². The van der Waals surface area contributed by atoms with Gasteiger partial charge in [-0.05, 0) is 68.6 Å². The minimum absolute atomic E-state index is 0.163. The highest BCUT2D eigenvalue weighted by Gasteiger charge is 2.47. The van der Waals surface area contributed by atoms with E-state index in [9.17, 15) is 4.79 Å². The Balaban J connectivity index is 1.55. The van der Waals surface area contributed by atoms with Gasteiger partial charge in [0.1, 0.15) is 0 Å². The summed E-state index contributed by atoms with van der Waals surface area (Å²) in [5.74, 6) is 2.22. The number of benzene rings is 1. The molecule has 4 rings (SSSR count). The van der Waals surface area contributed by atoms with Crippen LogP contribution in [0.3, 0.4) is 0 Å². The average Bonchev–Trinajstić information content (AvgIpc) is 3.11. The van der Waals surface area contributed by atoms with Gasteiger partial charge in [0.05, 0.1) is 6.04 Å². The molecule has 1 amide bonds. The van der Waals surface area contributed by atoms with Crippen LogP contribution in [0.25, 0.3) is 0 Å². The zero-order valence-corrected chi connectivity index (χ0v) is 13.9. The van der Waals surface area contributed by atoms with E-state index in [-0.39, 0.29) is 6.04 Å². The van der Waals surface area contributed by atoms with Crippen LogP contribution in [-0.2, 0) is 4.79 Å². The van der Waals surface area contributed by atoms with Crippen LogP contribution >= 0.6 is 11.6 Å². The topological polar surface area (TPSA) is 20.3 Å². The third kappa shape index (κ3) is 2.56. The maximum absolute atomic E-state index is 13.2. The van der Waals surface area contributed by atoms with Gasteiger partial charge in [0, 0.05) is 17.0 Å². The van der Waals surface area contributed by atoms with Crippen LogP contribution in [0.5, 0.6) is 0 Å². The first kappa shape index (κ1) is 14.6. The van der Waals surface area contributed by atoms with E-state index in [2.05, 4.69) is 24.0 Å². The first-order valence-electron chi connectivity index (χ1n) is 8.71. The van der Waals surface area contributed by atoms with Gasteiger partial charge in [0.15, 0.2) is 0 Å². The van der Waals surface area contributed by atoms with Crippen molar-refractivity contribution in [3.05, 3.63) is 34.9 Å². The quantitative estimate of drug-likeness (QED) is 0.779. The molecular weight excluding hydrogens is 294 g/mol. The molecule has 3 aliphatic carbocycles. The molecule has 4 atom stereocenters. The molecule has 3 fully saturated rings. The molecular formula is C19H24ClNO. The molecule has 118 valence electrons. The van der Waals surface area contributed by atoms with E-state index in [0.29, 0.717) is 23.8 Å². The molecule has 0 N–H and O–H groups in total. The molecule has 0 aromatic heterocycles. The zero-order chi connectivity index (χ0) is 15.3. The summed E-state index contributed by atoms with van der Waals surface area (Å²) < 4.78 is 0. The molecule has 0 unspecified atom stereocenters. The van der Waals surface area contributed by atoms with Crippen molar-refractivity contribution in [2.24, 2.45) is 17.8 Å². The van der Waals surface area contributed by atoms with Gasteiger partial charge in [0.2, 0.25) is 5.91 Å². The molecule has 3 saturated carbocycles. The van der Waals surface area contributed by atoms with Crippen LogP contribution in [0.4, 0.5) is 0 Å². The Morgan fingerprint density at radius 1 is 1.14 bits per heavy atom. The highest BCUT2D eigenvalue weighted by Crippen LogP contribution is 2.50. The van der Waals surface area contributed by atoms with Crippen LogP contribution in [0.15, 0.2) is 24.3 Å². The highest BCUT2D eigenvalue weighted by molar-refractivity contribution is 6.30. The summed E-state index contributed by atoms with van der Waals surface area (Å²) in [4.78, 5) is 15.4. The number of hydrogen-bond acceptors (Lipinski definition) is 1. The number of carbonyl (C=O) groups excluding carboxylic acids is 1. The van der Waals surface area contributed by atoms with Gasteiger partial charge in [-0.25, -0.2) is 0 Å². The molecule has 2 nitrogen and oxygen atoms in total. The van der Waals surface area contributed by atoms with Crippen LogP contribution in [0.1, 0.15) is 57.1 Å². The second-order valence-electron chi connectivity index (χ2n) is 7.49. The monoisotopic (exact) mass is 317 g/mol. The van der Waals surface area contributed by atoms with Gasteiger partial charge >= 0.3 is 0 Å².